The third-order valence-corrected chi connectivity index (χ3v) is 12.3. The number of hydrogen-bond donors (Lipinski definition) is 0. The fraction of sp³-hybridized carbons (Fsp3) is 0.0476. The van der Waals surface area contributed by atoms with Crippen molar-refractivity contribution in [3.05, 3.63) is 121 Å². The summed E-state index contributed by atoms with van der Waals surface area (Å²) in [4.78, 5) is 1.32. The minimum absolute atomic E-state index is 1.27. The molecular weight excluding hydrogens is 597 g/mol. The third kappa shape index (κ3) is 3.25. The number of hydrogen-bond acceptors (Lipinski definition) is 2. The van der Waals surface area contributed by atoms with Gasteiger partial charge in [-0.05, 0) is 97.9 Å². The average molecular weight is 623 g/mol. The normalized spacial score (nSPS) is 12.6. The Bertz CT molecular complexity index is 3040. The van der Waals surface area contributed by atoms with Crippen molar-refractivity contribution in [2.45, 2.75) is 0 Å². The first-order chi connectivity index (χ1) is 22.6. The minimum atomic E-state index is 1.27. The topological polar surface area (TPSA) is 9.86 Å². The maximum absolute atomic E-state index is 2.41. The molecule has 46 heavy (non-hydrogen) atoms. The van der Waals surface area contributed by atoms with E-state index in [1.54, 1.807) is 0 Å². The Kier molecular flexibility index (Phi) is 4.77. The van der Waals surface area contributed by atoms with Gasteiger partial charge in [0, 0.05) is 71.7 Å². The van der Waals surface area contributed by atoms with E-state index in [-0.39, 0.29) is 0 Å². The molecule has 4 heterocycles. The number of fused-ring (bicyclic) bond motifs is 13. The van der Waals surface area contributed by atoms with Gasteiger partial charge in [0.2, 0.25) is 0 Å². The highest BCUT2D eigenvalue weighted by Crippen LogP contribution is 2.42. The van der Waals surface area contributed by atoms with Crippen molar-refractivity contribution in [3.63, 3.8) is 0 Å². The predicted octanol–water partition coefficient (Wildman–Crippen LogP) is 12.5. The largest absolute Gasteiger partial charge is 0.343 e. The lowest BCUT2D eigenvalue weighted by Crippen LogP contribution is -1.89. The summed E-state index contributed by atoms with van der Waals surface area (Å²) in [5.74, 6) is 0. The first-order valence-electron chi connectivity index (χ1n) is 15.7. The highest BCUT2D eigenvalue weighted by Gasteiger charge is 2.18. The molecule has 0 N–H and O–H groups in total. The molecule has 0 saturated heterocycles. The number of nitrogens with zero attached hydrogens (tertiary/aromatic N) is 2. The summed E-state index contributed by atoms with van der Waals surface area (Å²) in [7, 11) is 4.44. The number of benzene rings is 7. The lowest BCUT2D eigenvalue weighted by atomic mass is 10.0. The lowest BCUT2D eigenvalue weighted by Gasteiger charge is -2.06. The van der Waals surface area contributed by atoms with Crippen molar-refractivity contribution >= 4 is 119 Å². The fourth-order valence-corrected chi connectivity index (χ4v) is 9.98. The summed E-state index contributed by atoms with van der Waals surface area (Å²) in [6.45, 7) is 0. The molecule has 11 rings (SSSR count). The molecule has 0 radical (unpaired) electrons. The van der Waals surface area contributed by atoms with E-state index in [4.69, 9.17) is 0 Å². The van der Waals surface area contributed by atoms with E-state index < -0.39 is 0 Å². The first-order valence-corrected chi connectivity index (χ1v) is 17.4. The van der Waals surface area contributed by atoms with Gasteiger partial charge in [-0.25, -0.2) is 0 Å². The van der Waals surface area contributed by atoms with Gasteiger partial charge in [0.15, 0.2) is 0 Å². The molecular formula is C42H26N2S2. The van der Waals surface area contributed by atoms with E-state index in [1.165, 1.54) is 107 Å². The Morgan fingerprint density at radius 3 is 1.87 bits per heavy atom. The summed E-state index contributed by atoms with van der Waals surface area (Å²) in [5.41, 5.74) is 6.43. The third-order valence-electron chi connectivity index (χ3n) is 10.3. The van der Waals surface area contributed by atoms with Crippen LogP contribution in [0.25, 0.3) is 107 Å². The highest BCUT2D eigenvalue weighted by molar-refractivity contribution is 7.22. The number of rotatable bonds is 1. The second kappa shape index (κ2) is 8.76. The molecule has 2 nitrogen and oxygen atoms in total. The first kappa shape index (κ1) is 25.1. The fourth-order valence-electron chi connectivity index (χ4n) is 8.07. The van der Waals surface area contributed by atoms with Crippen LogP contribution in [0.2, 0.25) is 0 Å². The van der Waals surface area contributed by atoms with Crippen LogP contribution in [0, 0.1) is 0 Å². The molecule has 0 spiro atoms. The Balaban J connectivity index is 1.09. The predicted molar refractivity (Wildman–Crippen MR) is 203 cm³/mol. The SMILES string of the molecule is Cn1c2cc3c4ccc5cc(-c6cc7cc8cc9sccc9cc8cc7s6)ccc5c4n(C)c3cc2c2ccc3ccccc3c21. The molecule has 0 bridgehead atoms. The minimum Gasteiger partial charge on any atom is -0.343 e. The molecule has 0 unspecified atom stereocenters. The Hall–Kier alpha value is -5.16. The van der Waals surface area contributed by atoms with E-state index in [9.17, 15) is 0 Å². The second-order valence-corrected chi connectivity index (χ2v) is 14.8. The molecule has 216 valence electrons. The average Bonchev–Trinajstić information content (AvgIpc) is 3.85. The molecule has 0 fully saturated rings. The number of aryl methyl sites for hydroxylation is 2. The standard InChI is InChI=1S/C42H26N2S2/c1-43-36-22-35-33-12-8-24-15-25(39-20-29-17-28-18-38-26(13-14-45-38)16-27(28)19-40(29)46-39)9-10-31(24)42(33)44(2)37(35)21-34(36)32-11-7-23-5-3-4-6-30(23)41(32)43/h3-22H,1-2H3. The quantitative estimate of drug-likeness (QED) is 0.172. The van der Waals surface area contributed by atoms with E-state index >= 15 is 0 Å². The second-order valence-electron chi connectivity index (χ2n) is 12.7. The molecule has 0 amide bonds. The number of thiophene rings is 2. The molecule has 7 aromatic carbocycles. The summed E-state index contributed by atoms with van der Waals surface area (Å²) in [6.07, 6.45) is 0. The zero-order valence-electron chi connectivity index (χ0n) is 25.3. The van der Waals surface area contributed by atoms with Gasteiger partial charge in [-0.15, -0.1) is 22.7 Å². The van der Waals surface area contributed by atoms with Gasteiger partial charge >= 0.3 is 0 Å². The van der Waals surface area contributed by atoms with E-state index in [1.807, 2.05) is 22.7 Å². The molecule has 11 aromatic rings. The zero-order valence-corrected chi connectivity index (χ0v) is 26.9. The van der Waals surface area contributed by atoms with Crippen LogP contribution in [0.4, 0.5) is 0 Å². The Morgan fingerprint density at radius 2 is 1.09 bits per heavy atom. The van der Waals surface area contributed by atoms with Crippen LogP contribution in [0.3, 0.4) is 0 Å². The zero-order chi connectivity index (χ0) is 30.3. The molecule has 0 aliphatic rings. The Morgan fingerprint density at radius 1 is 0.435 bits per heavy atom. The van der Waals surface area contributed by atoms with Gasteiger partial charge in [0.25, 0.3) is 0 Å². The maximum Gasteiger partial charge on any atom is 0.0568 e. The van der Waals surface area contributed by atoms with Gasteiger partial charge in [-0.1, -0.05) is 60.7 Å². The van der Waals surface area contributed by atoms with Crippen molar-refractivity contribution in [2.75, 3.05) is 0 Å². The smallest absolute Gasteiger partial charge is 0.0568 e. The molecule has 4 heteroatoms. The van der Waals surface area contributed by atoms with Crippen molar-refractivity contribution in [1.82, 2.24) is 9.13 Å². The van der Waals surface area contributed by atoms with Gasteiger partial charge in [0.05, 0.1) is 11.0 Å². The number of aromatic nitrogens is 2. The van der Waals surface area contributed by atoms with Crippen LogP contribution in [0.15, 0.2) is 121 Å². The van der Waals surface area contributed by atoms with Crippen molar-refractivity contribution < 1.29 is 0 Å². The van der Waals surface area contributed by atoms with Crippen molar-refractivity contribution in [3.8, 4) is 10.4 Å². The van der Waals surface area contributed by atoms with Crippen LogP contribution in [-0.4, -0.2) is 9.13 Å². The van der Waals surface area contributed by atoms with Crippen LogP contribution in [-0.2, 0) is 14.1 Å². The lowest BCUT2D eigenvalue weighted by molar-refractivity contribution is 1.01. The Labute approximate surface area is 271 Å². The molecule has 0 saturated carbocycles. The van der Waals surface area contributed by atoms with E-state index in [0.717, 1.165) is 0 Å². The van der Waals surface area contributed by atoms with Crippen molar-refractivity contribution in [2.24, 2.45) is 14.1 Å². The molecule has 4 aromatic heterocycles. The van der Waals surface area contributed by atoms with Gasteiger partial charge < -0.3 is 9.13 Å². The maximum atomic E-state index is 2.41. The van der Waals surface area contributed by atoms with E-state index in [0.29, 0.717) is 0 Å². The van der Waals surface area contributed by atoms with Crippen molar-refractivity contribution in [1.29, 1.82) is 0 Å². The highest BCUT2D eigenvalue weighted by atomic mass is 32.1. The molecule has 0 aliphatic heterocycles. The van der Waals surface area contributed by atoms with Gasteiger partial charge in [0.1, 0.15) is 0 Å². The molecule has 0 aliphatic carbocycles. The van der Waals surface area contributed by atoms with Gasteiger partial charge in [-0.3, -0.25) is 0 Å². The van der Waals surface area contributed by atoms with Crippen LogP contribution >= 0.6 is 22.7 Å². The van der Waals surface area contributed by atoms with Crippen LogP contribution in [0.5, 0.6) is 0 Å². The van der Waals surface area contributed by atoms with Crippen LogP contribution in [0.1, 0.15) is 0 Å². The summed E-state index contributed by atoms with van der Waals surface area (Å²) >= 11 is 3.71. The van der Waals surface area contributed by atoms with Gasteiger partial charge in [-0.2, -0.15) is 0 Å². The van der Waals surface area contributed by atoms with Crippen LogP contribution < -0.4 is 0 Å². The summed E-state index contributed by atoms with van der Waals surface area (Å²) in [6, 6.07) is 43.7. The van der Waals surface area contributed by atoms with E-state index in [2.05, 4.69) is 144 Å². The summed E-state index contributed by atoms with van der Waals surface area (Å²) in [5, 5.41) is 17.9. The monoisotopic (exact) mass is 622 g/mol. The summed E-state index contributed by atoms with van der Waals surface area (Å²) < 4.78 is 7.48. The molecule has 0 atom stereocenters.